The molecule has 2 N–H and O–H groups in total. The Morgan fingerprint density at radius 3 is 2.69 bits per heavy atom. The number of sulfone groups is 1. The van der Waals surface area contributed by atoms with E-state index in [-0.39, 0.29) is 17.5 Å². The molecule has 2 heterocycles. The first-order valence-corrected chi connectivity index (χ1v) is 7.62. The summed E-state index contributed by atoms with van der Waals surface area (Å²) in [7, 11) is -0.946. The van der Waals surface area contributed by atoms with Crippen molar-refractivity contribution in [1.29, 1.82) is 0 Å². The molecular weight excluding hydrogens is 228 g/mol. The van der Waals surface area contributed by atoms with Crippen LogP contribution in [0.3, 0.4) is 0 Å². The number of nitrogens with one attached hydrogen (secondary N) is 1. The average Bonchev–Trinajstić information content (AvgIpc) is 2.67. The first-order chi connectivity index (χ1) is 7.48. The molecule has 0 amide bonds. The molecule has 3 unspecified atom stereocenters. The van der Waals surface area contributed by atoms with E-state index in [1.54, 1.807) is 0 Å². The highest BCUT2D eigenvalue weighted by Gasteiger charge is 2.36. The highest BCUT2D eigenvalue weighted by Crippen LogP contribution is 2.16. The van der Waals surface area contributed by atoms with Gasteiger partial charge in [0.05, 0.1) is 17.6 Å². The summed E-state index contributed by atoms with van der Waals surface area (Å²) in [5.41, 5.74) is 0. The predicted octanol–water partition coefficient (Wildman–Crippen LogP) is -1.17. The normalized spacial score (nSPS) is 39.2. The van der Waals surface area contributed by atoms with Crippen molar-refractivity contribution in [3.05, 3.63) is 0 Å². The van der Waals surface area contributed by atoms with Gasteiger partial charge in [0.15, 0.2) is 9.84 Å². The summed E-state index contributed by atoms with van der Waals surface area (Å²) in [4.78, 5) is 2.28. The Bertz CT molecular complexity index is 344. The van der Waals surface area contributed by atoms with Gasteiger partial charge < -0.3 is 15.3 Å². The van der Waals surface area contributed by atoms with Crippen LogP contribution in [-0.2, 0) is 9.84 Å². The maximum atomic E-state index is 11.3. The van der Waals surface area contributed by atoms with Crippen molar-refractivity contribution in [3.8, 4) is 0 Å². The molecule has 0 aromatic carbocycles. The summed E-state index contributed by atoms with van der Waals surface area (Å²) in [6, 6.07) is 0.203. The third kappa shape index (κ3) is 2.74. The lowest BCUT2D eigenvalue weighted by molar-refractivity contribution is 0.160. The number of rotatable bonds is 3. The van der Waals surface area contributed by atoms with Crippen LogP contribution in [0.15, 0.2) is 0 Å². The largest absolute Gasteiger partial charge is 0.390 e. The third-order valence-corrected chi connectivity index (χ3v) is 5.33. The van der Waals surface area contributed by atoms with E-state index in [2.05, 4.69) is 17.3 Å². The van der Waals surface area contributed by atoms with Crippen LogP contribution in [0.2, 0.25) is 0 Å². The van der Waals surface area contributed by atoms with Gasteiger partial charge in [0.1, 0.15) is 0 Å². The zero-order valence-electron chi connectivity index (χ0n) is 9.59. The highest BCUT2D eigenvalue weighted by molar-refractivity contribution is 7.91. The summed E-state index contributed by atoms with van der Waals surface area (Å²) < 4.78 is 22.6. The van der Waals surface area contributed by atoms with Crippen molar-refractivity contribution in [2.45, 2.75) is 31.0 Å². The van der Waals surface area contributed by atoms with E-state index in [9.17, 15) is 13.5 Å². The smallest absolute Gasteiger partial charge is 0.154 e. The summed E-state index contributed by atoms with van der Waals surface area (Å²) in [5, 5.41) is 12.8. The second-order valence-electron chi connectivity index (χ2n) is 4.94. The molecule has 0 saturated carbocycles. The van der Waals surface area contributed by atoms with E-state index in [1.165, 1.54) is 6.42 Å². The number of likely N-dealkylation sites (tertiary alicyclic amines) is 1. The lowest BCUT2D eigenvalue weighted by atomic mass is 10.2. The molecule has 0 aromatic rings. The predicted molar refractivity (Wildman–Crippen MR) is 62.1 cm³/mol. The molecule has 94 valence electrons. The molecule has 0 aliphatic carbocycles. The van der Waals surface area contributed by atoms with E-state index in [0.29, 0.717) is 6.04 Å². The average molecular weight is 248 g/mol. The molecule has 0 radical (unpaired) electrons. The van der Waals surface area contributed by atoms with Gasteiger partial charge in [-0.15, -0.1) is 0 Å². The van der Waals surface area contributed by atoms with E-state index in [4.69, 9.17) is 0 Å². The summed E-state index contributed by atoms with van der Waals surface area (Å²) >= 11 is 0. The maximum absolute atomic E-state index is 11.3. The van der Waals surface area contributed by atoms with Crippen LogP contribution in [0.25, 0.3) is 0 Å². The van der Waals surface area contributed by atoms with Crippen molar-refractivity contribution in [1.82, 2.24) is 10.2 Å². The minimum absolute atomic E-state index is 0.0740. The van der Waals surface area contributed by atoms with Gasteiger partial charge >= 0.3 is 0 Å². The number of aliphatic hydroxyl groups excluding tert-OH is 1. The Morgan fingerprint density at radius 2 is 2.19 bits per heavy atom. The zero-order valence-corrected chi connectivity index (χ0v) is 10.4. The van der Waals surface area contributed by atoms with Crippen molar-refractivity contribution in [2.75, 3.05) is 31.6 Å². The van der Waals surface area contributed by atoms with Gasteiger partial charge in [0.25, 0.3) is 0 Å². The van der Waals surface area contributed by atoms with Gasteiger partial charge in [-0.25, -0.2) is 8.42 Å². The van der Waals surface area contributed by atoms with Gasteiger partial charge in [-0.05, 0) is 26.4 Å². The maximum Gasteiger partial charge on any atom is 0.154 e. The number of aliphatic hydroxyl groups is 1. The zero-order chi connectivity index (χ0) is 11.8. The number of hydrogen-bond acceptors (Lipinski definition) is 5. The molecule has 2 rings (SSSR count). The lowest BCUT2D eigenvalue weighted by Gasteiger charge is -2.23. The van der Waals surface area contributed by atoms with Crippen LogP contribution in [0, 0.1) is 0 Å². The molecular formula is C10H20N2O3S. The van der Waals surface area contributed by atoms with Crippen molar-refractivity contribution < 1.29 is 13.5 Å². The van der Waals surface area contributed by atoms with E-state index in [0.717, 1.165) is 19.5 Å². The highest BCUT2D eigenvalue weighted by atomic mass is 32.2. The van der Waals surface area contributed by atoms with Crippen molar-refractivity contribution in [3.63, 3.8) is 0 Å². The Hall–Kier alpha value is -0.170. The van der Waals surface area contributed by atoms with Crippen LogP contribution in [0.4, 0.5) is 0 Å². The van der Waals surface area contributed by atoms with E-state index >= 15 is 0 Å². The van der Waals surface area contributed by atoms with Crippen molar-refractivity contribution >= 4 is 9.84 Å². The van der Waals surface area contributed by atoms with Crippen LogP contribution in [-0.4, -0.2) is 68.3 Å². The Kier molecular flexibility index (Phi) is 3.53. The minimum Gasteiger partial charge on any atom is -0.390 e. The monoisotopic (exact) mass is 248 g/mol. The SMILES string of the molecule is CN1CCCC1CNC1CS(=O)(=O)CC1O. The summed E-state index contributed by atoms with van der Waals surface area (Å²) in [6.45, 7) is 1.88. The molecule has 0 spiro atoms. The second kappa shape index (κ2) is 4.60. The van der Waals surface area contributed by atoms with Crippen LogP contribution in [0.5, 0.6) is 0 Å². The molecule has 6 heteroatoms. The molecule has 0 aromatic heterocycles. The van der Waals surface area contributed by atoms with Gasteiger partial charge in [0.2, 0.25) is 0 Å². The topological polar surface area (TPSA) is 69.6 Å². The fourth-order valence-electron chi connectivity index (χ4n) is 2.55. The third-order valence-electron chi connectivity index (χ3n) is 3.61. The van der Waals surface area contributed by atoms with E-state index in [1.807, 2.05) is 0 Å². The fourth-order valence-corrected chi connectivity index (χ4v) is 4.32. The van der Waals surface area contributed by atoms with Crippen LogP contribution in [0.1, 0.15) is 12.8 Å². The summed E-state index contributed by atoms with van der Waals surface area (Å²) in [5.74, 6) is -0.0181. The first kappa shape index (κ1) is 12.3. The first-order valence-electron chi connectivity index (χ1n) is 5.80. The van der Waals surface area contributed by atoms with Gasteiger partial charge in [-0.3, -0.25) is 0 Å². The molecule has 16 heavy (non-hydrogen) atoms. The molecule has 2 aliphatic heterocycles. The standard InChI is InChI=1S/C10H20N2O3S/c1-12-4-2-3-8(12)5-11-9-6-16(14,15)7-10(9)13/h8-11,13H,2-7H2,1H3. The fraction of sp³-hybridized carbons (Fsp3) is 1.00. The van der Waals surface area contributed by atoms with Gasteiger partial charge in [-0.1, -0.05) is 0 Å². The van der Waals surface area contributed by atoms with Gasteiger partial charge in [0, 0.05) is 18.6 Å². The number of hydrogen-bond donors (Lipinski definition) is 2. The molecule has 2 fully saturated rings. The lowest BCUT2D eigenvalue weighted by Crippen LogP contribution is -2.45. The molecule has 0 bridgehead atoms. The van der Waals surface area contributed by atoms with Crippen LogP contribution >= 0.6 is 0 Å². The second-order valence-corrected chi connectivity index (χ2v) is 7.09. The quantitative estimate of drug-likeness (QED) is 0.658. The number of nitrogens with zero attached hydrogens (tertiary/aromatic N) is 1. The number of likely N-dealkylation sites (N-methyl/N-ethyl adjacent to an activating group) is 1. The summed E-state index contributed by atoms with van der Waals surface area (Å²) in [6.07, 6.45) is 1.62. The Morgan fingerprint density at radius 1 is 1.44 bits per heavy atom. The molecule has 2 saturated heterocycles. The van der Waals surface area contributed by atoms with Crippen LogP contribution < -0.4 is 5.32 Å². The van der Waals surface area contributed by atoms with E-state index < -0.39 is 15.9 Å². The Labute approximate surface area is 96.7 Å². The Balaban J connectivity index is 1.82. The minimum atomic E-state index is -3.03. The molecule has 5 nitrogen and oxygen atoms in total. The molecule has 3 atom stereocenters. The molecule has 2 aliphatic rings. The van der Waals surface area contributed by atoms with Gasteiger partial charge in [-0.2, -0.15) is 0 Å². The van der Waals surface area contributed by atoms with Crippen molar-refractivity contribution in [2.24, 2.45) is 0 Å².